The van der Waals surface area contributed by atoms with Crippen molar-refractivity contribution in [1.29, 1.82) is 0 Å². The van der Waals surface area contributed by atoms with Crippen molar-refractivity contribution in [2.75, 3.05) is 6.54 Å². The molecule has 0 spiro atoms. The highest BCUT2D eigenvalue weighted by atomic mass is 35.5. The maximum atomic E-state index is 10.9. The summed E-state index contributed by atoms with van der Waals surface area (Å²) in [7, 11) is 0. The van der Waals surface area contributed by atoms with Gasteiger partial charge in [0.2, 0.25) is 0 Å². The van der Waals surface area contributed by atoms with Crippen LogP contribution in [0.2, 0.25) is 0 Å². The molecule has 0 radical (unpaired) electrons. The van der Waals surface area contributed by atoms with Crippen molar-refractivity contribution in [3.05, 3.63) is 35.4 Å². The van der Waals surface area contributed by atoms with E-state index in [1.165, 1.54) is 24.8 Å². The molecule has 1 fully saturated rings. The van der Waals surface area contributed by atoms with E-state index in [-0.39, 0.29) is 18.5 Å². The minimum absolute atomic E-state index is 0. The van der Waals surface area contributed by atoms with Crippen molar-refractivity contribution in [3.63, 3.8) is 0 Å². The molecule has 0 aliphatic carbocycles. The standard InChI is InChI=1S/C16H24N2O2.ClH/c1-12(20-16(17)19)15-8-3-2-6-13(15)9-10-14-7-4-5-11-18-14;/h2-3,6,8,12,14,18H,4-5,7,9-11H2,1H3,(H2,17,19);1H. The summed E-state index contributed by atoms with van der Waals surface area (Å²) in [5.41, 5.74) is 7.40. The Bertz CT molecular complexity index is 448. The summed E-state index contributed by atoms with van der Waals surface area (Å²) in [5.74, 6) is 0. The van der Waals surface area contributed by atoms with Crippen molar-refractivity contribution < 1.29 is 9.53 Å². The van der Waals surface area contributed by atoms with Crippen LogP contribution in [0.15, 0.2) is 24.3 Å². The normalized spacial score (nSPS) is 19.4. The summed E-state index contributed by atoms with van der Waals surface area (Å²) >= 11 is 0. The van der Waals surface area contributed by atoms with Gasteiger partial charge in [0.25, 0.3) is 0 Å². The number of halogens is 1. The number of rotatable bonds is 5. The zero-order valence-electron chi connectivity index (χ0n) is 12.5. The summed E-state index contributed by atoms with van der Waals surface area (Å²) in [6, 6.07) is 8.74. The number of ether oxygens (including phenoxy) is 1. The predicted octanol–water partition coefficient (Wildman–Crippen LogP) is 3.34. The third kappa shape index (κ3) is 5.56. The van der Waals surface area contributed by atoms with Gasteiger partial charge in [0, 0.05) is 6.04 Å². The lowest BCUT2D eigenvalue weighted by Gasteiger charge is -2.24. The van der Waals surface area contributed by atoms with Crippen LogP contribution in [0.1, 0.15) is 49.8 Å². The number of primary amides is 1. The van der Waals surface area contributed by atoms with Crippen LogP contribution in [0.3, 0.4) is 0 Å². The van der Waals surface area contributed by atoms with Gasteiger partial charge < -0.3 is 15.8 Å². The van der Waals surface area contributed by atoms with Gasteiger partial charge in [-0.05, 0) is 50.3 Å². The van der Waals surface area contributed by atoms with Crippen LogP contribution >= 0.6 is 12.4 Å². The predicted molar refractivity (Wildman–Crippen MR) is 86.7 cm³/mol. The molecule has 21 heavy (non-hydrogen) atoms. The number of nitrogens with two attached hydrogens (primary N) is 1. The number of hydrogen-bond donors (Lipinski definition) is 2. The summed E-state index contributed by atoms with van der Waals surface area (Å²) in [6.45, 7) is 3.00. The molecule has 5 heteroatoms. The molecule has 1 saturated heterocycles. The van der Waals surface area contributed by atoms with E-state index in [4.69, 9.17) is 10.5 Å². The number of carbonyl (C=O) groups excluding carboxylic acids is 1. The first-order valence-corrected chi connectivity index (χ1v) is 7.44. The average molecular weight is 313 g/mol. The van der Waals surface area contributed by atoms with Crippen molar-refractivity contribution >= 4 is 18.5 Å². The van der Waals surface area contributed by atoms with E-state index in [0.717, 1.165) is 24.9 Å². The molecule has 118 valence electrons. The molecule has 2 unspecified atom stereocenters. The maximum Gasteiger partial charge on any atom is 0.405 e. The Balaban J connectivity index is 0.00000220. The molecule has 0 saturated carbocycles. The smallest absolute Gasteiger partial charge is 0.405 e. The molecule has 0 bridgehead atoms. The van der Waals surface area contributed by atoms with Gasteiger partial charge in [-0.1, -0.05) is 30.7 Å². The number of benzene rings is 1. The van der Waals surface area contributed by atoms with Gasteiger partial charge in [0.05, 0.1) is 0 Å². The van der Waals surface area contributed by atoms with E-state index in [1.807, 2.05) is 25.1 Å². The lowest BCUT2D eigenvalue weighted by atomic mass is 9.94. The molecule has 1 aliphatic rings. The first-order chi connectivity index (χ1) is 9.66. The second-order valence-corrected chi connectivity index (χ2v) is 5.46. The molecule has 1 amide bonds. The highest BCUT2D eigenvalue weighted by Gasteiger charge is 2.16. The Labute approximate surface area is 132 Å². The SMILES string of the molecule is CC(OC(N)=O)c1ccccc1CCC1CCCCN1.Cl. The monoisotopic (exact) mass is 312 g/mol. The molecule has 0 aromatic heterocycles. The largest absolute Gasteiger partial charge is 0.442 e. The molecule has 2 rings (SSSR count). The third-order valence-electron chi connectivity index (χ3n) is 3.96. The lowest BCUT2D eigenvalue weighted by Crippen LogP contribution is -2.34. The fourth-order valence-corrected chi connectivity index (χ4v) is 2.90. The minimum atomic E-state index is -0.721. The van der Waals surface area contributed by atoms with Crippen LogP contribution in [0.25, 0.3) is 0 Å². The minimum Gasteiger partial charge on any atom is -0.442 e. The van der Waals surface area contributed by atoms with Crippen molar-refractivity contribution in [2.24, 2.45) is 5.73 Å². The number of carbonyl (C=O) groups is 1. The van der Waals surface area contributed by atoms with Crippen LogP contribution in [-0.4, -0.2) is 18.7 Å². The maximum absolute atomic E-state index is 10.9. The van der Waals surface area contributed by atoms with Gasteiger partial charge in [0.1, 0.15) is 6.10 Å². The van der Waals surface area contributed by atoms with Gasteiger partial charge in [-0.3, -0.25) is 0 Å². The molecule has 1 aromatic carbocycles. The Morgan fingerprint density at radius 3 is 2.86 bits per heavy atom. The van der Waals surface area contributed by atoms with Gasteiger partial charge >= 0.3 is 6.09 Å². The lowest BCUT2D eigenvalue weighted by molar-refractivity contribution is 0.116. The van der Waals surface area contributed by atoms with E-state index in [0.29, 0.717) is 6.04 Å². The summed E-state index contributed by atoms with van der Waals surface area (Å²) < 4.78 is 5.09. The van der Waals surface area contributed by atoms with Crippen molar-refractivity contribution in [1.82, 2.24) is 5.32 Å². The molecular weight excluding hydrogens is 288 g/mol. The Morgan fingerprint density at radius 2 is 2.19 bits per heavy atom. The molecule has 1 heterocycles. The van der Waals surface area contributed by atoms with Crippen LogP contribution < -0.4 is 11.1 Å². The number of aryl methyl sites for hydroxylation is 1. The number of hydrogen-bond acceptors (Lipinski definition) is 3. The zero-order chi connectivity index (χ0) is 14.4. The van der Waals surface area contributed by atoms with Crippen LogP contribution in [0.4, 0.5) is 4.79 Å². The van der Waals surface area contributed by atoms with E-state index >= 15 is 0 Å². The third-order valence-corrected chi connectivity index (χ3v) is 3.96. The Hall–Kier alpha value is -1.26. The van der Waals surface area contributed by atoms with E-state index in [1.54, 1.807) is 0 Å². The average Bonchev–Trinajstić information content (AvgIpc) is 2.46. The van der Waals surface area contributed by atoms with Crippen LogP contribution in [0, 0.1) is 0 Å². The topological polar surface area (TPSA) is 64.3 Å². The molecule has 1 aliphatic heterocycles. The number of nitrogens with one attached hydrogen (secondary N) is 1. The first kappa shape index (κ1) is 17.8. The fourth-order valence-electron chi connectivity index (χ4n) is 2.90. The molecule has 1 aromatic rings. The number of amides is 1. The van der Waals surface area contributed by atoms with E-state index < -0.39 is 6.09 Å². The van der Waals surface area contributed by atoms with Crippen molar-refractivity contribution in [3.8, 4) is 0 Å². The van der Waals surface area contributed by atoms with Crippen LogP contribution in [0.5, 0.6) is 0 Å². The van der Waals surface area contributed by atoms with Crippen molar-refractivity contribution in [2.45, 2.75) is 51.2 Å². The highest BCUT2D eigenvalue weighted by molar-refractivity contribution is 5.85. The summed E-state index contributed by atoms with van der Waals surface area (Å²) in [5, 5.41) is 3.56. The zero-order valence-corrected chi connectivity index (χ0v) is 13.3. The van der Waals surface area contributed by atoms with E-state index in [2.05, 4.69) is 11.4 Å². The summed E-state index contributed by atoms with van der Waals surface area (Å²) in [4.78, 5) is 10.9. The number of piperidine rings is 1. The van der Waals surface area contributed by atoms with E-state index in [9.17, 15) is 4.79 Å². The molecule has 3 N–H and O–H groups in total. The Kier molecular flexibility index (Phi) is 7.54. The second kappa shape index (κ2) is 8.90. The summed E-state index contributed by atoms with van der Waals surface area (Å²) in [6.07, 6.45) is 4.98. The Morgan fingerprint density at radius 1 is 1.43 bits per heavy atom. The molecular formula is C16H25ClN2O2. The van der Waals surface area contributed by atoms with Gasteiger partial charge in [0.15, 0.2) is 0 Å². The molecule has 2 atom stereocenters. The van der Waals surface area contributed by atoms with Crippen LogP contribution in [-0.2, 0) is 11.2 Å². The highest BCUT2D eigenvalue weighted by Crippen LogP contribution is 2.23. The first-order valence-electron chi connectivity index (χ1n) is 7.44. The van der Waals surface area contributed by atoms with Gasteiger partial charge in [-0.25, -0.2) is 4.79 Å². The second-order valence-electron chi connectivity index (χ2n) is 5.46. The fraction of sp³-hybridized carbons (Fsp3) is 0.562. The quantitative estimate of drug-likeness (QED) is 0.876. The molecule has 4 nitrogen and oxygen atoms in total. The van der Waals surface area contributed by atoms with Gasteiger partial charge in [-0.15, -0.1) is 12.4 Å². The van der Waals surface area contributed by atoms with Gasteiger partial charge in [-0.2, -0.15) is 0 Å².